The number of rotatable bonds is 6. The van der Waals surface area contributed by atoms with Crippen molar-refractivity contribution >= 4 is 35.2 Å². The number of amides is 2. The molecule has 2 amide bonds. The molecule has 0 saturated heterocycles. The minimum absolute atomic E-state index is 0.107. The highest BCUT2D eigenvalue weighted by Gasteiger charge is 2.10. The zero-order valence-corrected chi connectivity index (χ0v) is 14.4. The first-order chi connectivity index (χ1) is 11.6. The zero-order valence-electron chi connectivity index (χ0n) is 12.8. The molecule has 0 radical (unpaired) electrons. The number of phenols is 1. The second-order valence-corrected chi connectivity index (χ2v) is 6.53. The number of aromatic hydroxyl groups is 1. The highest BCUT2D eigenvalue weighted by molar-refractivity contribution is 7.99. The van der Waals surface area contributed by atoms with Crippen LogP contribution in [0.2, 0.25) is 5.02 Å². The molecule has 0 aromatic heterocycles. The molecular weight excluding hydrogens is 348 g/mol. The third kappa shape index (κ3) is 5.79. The SMILES string of the molecule is O=C(CCCSc1ccc(Cl)cc1)NNC(=O)c1ccccc1O. The number of hydrogen-bond acceptors (Lipinski definition) is 4. The molecule has 2 aromatic carbocycles. The number of phenolic OH excluding ortho intramolecular Hbond substituents is 1. The molecule has 7 heteroatoms. The van der Waals surface area contributed by atoms with Gasteiger partial charge in [0.1, 0.15) is 5.75 Å². The van der Waals surface area contributed by atoms with Gasteiger partial charge in [-0.2, -0.15) is 0 Å². The molecule has 2 rings (SSSR count). The van der Waals surface area contributed by atoms with Gasteiger partial charge in [0.05, 0.1) is 5.56 Å². The number of nitrogens with one attached hydrogen (secondary N) is 2. The van der Waals surface area contributed by atoms with Crippen LogP contribution in [0, 0.1) is 0 Å². The first-order valence-electron chi connectivity index (χ1n) is 7.32. The van der Waals surface area contributed by atoms with Crippen molar-refractivity contribution in [2.45, 2.75) is 17.7 Å². The highest BCUT2D eigenvalue weighted by atomic mass is 35.5. The number of hydrogen-bond donors (Lipinski definition) is 3. The summed E-state index contributed by atoms with van der Waals surface area (Å²) in [7, 11) is 0. The van der Waals surface area contributed by atoms with Crippen LogP contribution in [0.4, 0.5) is 0 Å². The van der Waals surface area contributed by atoms with Crippen molar-refractivity contribution in [1.29, 1.82) is 0 Å². The lowest BCUT2D eigenvalue weighted by Crippen LogP contribution is -2.41. The van der Waals surface area contributed by atoms with Gasteiger partial charge in [0.25, 0.3) is 5.91 Å². The Morgan fingerprint density at radius 2 is 1.75 bits per heavy atom. The molecule has 0 bridgehead atoms. The van der Waals surface area contributed by atoms with Gasteiger partial charge in [0.15, 0.2) is 0 Å². The lowest BCUT2D eigenvalue weighted by Gasteiger charge is -2.08. The van der Waals surface area contributed by atoms with E-state index in [1.54, 1.807) is 23.9 Å². The van der Waals surface area contributed by atoms with Crippen LogP contribution in [0.5, 0.6) is 5.75 Å². The summed E-state index contributed by atoms with van der Waals surface area (Å²) in [5.74, 6) is -0.196. The second-order valence-electron chi connectivity index (χ2n) is 4.93. The van der Waals surface area contributed by atoms with E-state index in [-0.39, 0.29) is 17.2 Å². The van der Waals surface area contributed by atoms with Gasteiger partial charge >= 0.3 is 0 Å². The molecule has 0 aliphatic carbocycles. The Morgan fingerprint density at radius 3 is 2.46 bits per heavy atom. The summed E-state index contributed by atoms with van der Waals surface area (Å²) < 4.78 is 0. The third-order valence-electron chi connectivity index (χ3n) is 3.09. The van der Waals surface area contributed by atoms with Crippen molar-refractivity contribution < 1.29 is 14.7 Å². The average Bonchev–Trinajstić information content (AvgIpc) is 2.58. The Bertz CT molecular complexity index is 707. The van der Waals surface area contributed by atoms with Crippen LogP contribution in [0.25, 0.3) is 0 Å². The molecule has 0 atom stereocenters. The molecule has 0 heterocycles. The van der Waals surface area contributed by atoms with Crippen LogP contribution in [0.3, 0.4) is 0 Å². The summed E-state index contributed by atoms with van der Waals surface area (Å²) in [6.45, 7) is 0. The standard InChI is InChI=1S/C17H17ClN2O3S/c18-12-7-9-13(10-8-12)24-11-3-6-16(22)19-20-17(23)14-4-1-2-5-15(14)21/h1-2,4-5,7-10,21H,3,6,11H2,(H,19,22)(H,20,23). The first kappa shape index (κ1) is 18.2. The van der Waals surface area contributed by atoms with E-state index in [1.807, 2.05) is 24.3 Å². The van der Waals surface area contributed by atoms with Crippen LogP contribution in [0.15, 0.2) is 53.4 Å². The molecule has 0 aliphatic rings. The number of halogens is 1. The van der Waals surface area contributed by atoms with E-state index in [2.05, 4.69) is 10.9 Å². The van der Waals surface area contributed by atoms with E-state index < -0.39 is 5.91 Å². The van der Waals surface area contributed by atoms with Gasteiger partial charge in [-0.3, -0.25) is 20.4 Å². The lowest BCUT2D eigenvalue weighted by molar-refractivity contribution is -0.121. The quantitative estimate of drug-likeness (QED) is 0.417. The molecule has 0 saturated carbocycles. The zero-order chi connectivity index (χ0) is 17.4. The van der Waals surface area contributed by atoms with Gasteiger partial charge < -0.3 is 5.11 Å². The predicted octanol–water partition coefficient (Wildman–Crippen LogP) is 3.38. The maximum absolute atomic E-state index is 11.8. The minimum Gasteiger partial charge on any atom is -0.507 e. The van der Waals surface area contributed by atoms with Crippen molar-refractivity contribution in [3.8, 4) is 5.75 Å². The fourth-order valence-corrected chi connectivity index (χ4v) is 2.85. The van der Waals surface area contributed by atoms with Gasteiger partial charge in [-0.15, -0.1) is 11.8 Å². The van der Waals surface area contributed by atoms with Gasteiger partial charge in [-0.25, -0.2) is 0 Å². The van der Waals surface area contributed by atoms with Gasteiger partial charge in [-0.05, 0) is 48.6 Å². The highest BCUT2D eigenvalue weighted by Crippen LogP contribution is 2.21. The molecule has 3 N–H and O–H groups in total. The molecule has 0 unspecified atom stereocenters. The summed E-state index contributed by atoms with van der Waals surface area (Å²) in [5, 5.41) is 10.3. The van der Waals surface area contributed by atoms with E-state index >= 15 is 0 Å². The number of para-hydroxylation sites is 1. The van der Waals surface area contributed by atoms with E-state index in [1.165, 1.54) is 12.1 Å². The fraction of sp³-hybridized carbons (Fsp3) is 0.176. The van der Waals surface area contributed by atoms with Crippen molar-refractivity contribution in [3.05, 3.63) is 59.1 Å². The van der Waals surface area contributed by atoms with Crippen LogP contribution in [-0.2, 0) is 4.79 Å². The summed E-state index contributed by atoms with van der Waals surface area (Å²) in [4.78, 5) is 24.6. The number of carbonyl (C=O) groups excluding carboxylic acids is 2. The summed E-state index contributed by atoms with van der Waals surface area (Å²) in [6, 6.07) is 13.6. The maximum Gasteiger partial charge on any atom is 0.273 e. The summed E-state index contributed by atoms with van der Waals surface area (Å²) in [5.41, 5.74) is 4.73. The summed E-state index contributed by atoms with van der Waals surface area (Å²) in [6.07, 6.45) is 0.966. The third-order valence-corrected chi connectivity index (χ3v) is 4.44. The molecule has 126 valence electrons. The monoisotopic (exact) mass is 364 g/mol. The Kier molecular flexibility index (Phi) is 6.96. The minimum atomic E-state index is -0.558. The van der Waals surface area contributed by atoms with Gasteiger partial charge in [-0.1, -0.05) is 23.7 Å². The Balaban J connectivity index is 1.65. The smallest absolute Gasteiger partial charge is 0.273 e. The van der Waals surface area contributed by atoms with Crippen LogP contribution in [-0.4, -0.2) is 22.7 Å². The molecule has 0 fully saturated rings. The van der Waals surface area contributed by atoms with Crippen LogP contribution >= 0.6 is 23.4 Å². The first-order valence-corrected chi connectivity index (χ1v) is 8.68. The lowest BCUT2D eigenvalue weighted by atomic mass is 10.2. The van der Waals surface area contributed by atoms with Gasteiger partial charge in [0, 0.05) is 16.3 Å². The number of carbonyl (C=O) groups is 2. The largest absolute Gasteiger partial charge is 0.507 e. The van der Waals surface area contributed by atoms with Crippen LogP contribution in [0.1, 0.15) is 23.2 Å². The number of thioether (sulfide) groups is 1. The Labute approximate surface area is 149 Å². The molecule has 5 nitrogen and oxygen atoms in total. The molecular formula is C17H17ClN2O3S. The molecule has 2 aromatic rings. The van der Waals surface area contributed by atoms with E-state index in [0.717, 1.165) is 10.6 Å². The second kappa shape index (κ2) is 9.20. The average molecular weight is 365 g/mol. The number of benzene rings is 2. The van der Waals surface area contributed by atoms with E-state index in [0.29, 0.717) is 17.9 Å². The van der Waals surface area contributed by atoms with Crippen molar-refractivity contribution in [1.82, 2.24) is 10.9 Å². The van der Waals surface area contributed by atoms with Crippen molar-refractivity contribution in [2.24, 2.45) is 0 Å². The van der Waals surface area contributed by atoms with Crippen LogP contribution < -0.4 is 10.9 Å². The fourth-order valence-electron chi connectivity index (χ4n) is 1.88. The Hall–Kier alpha value is -2.18. The predicted molar refractivity (Wildman–Crippen MR) is 95.1 cm³/mol. The molecule has 0 spiro atoms. The molecule has 24 heavy (non-hydrogen) atoms. The normalized spacial score (nSPS) is 10.2. The van der Waals surface area contributed by atoms with Gasteiger partial charge in [0.2, 0.25) is 5.91 Å². The van der Waals surface area contributed by atoms with Crippen molar-refractivity contribution in [2.75, 3.05) is 5.75 Å². The van der Waals surface area contributed by atoms with E-state index in [4.69, 9.17) is 11.6 Å². The molecule has 0 aliphatic heterocycles. The summed E-state index contributed by atoms with van der Waals surface area (Å²) >= 11 is 7.45. The van der Waals surface area contributed by atoms with E-state index in [9.17, 15) is 14.7 Å². The van der Waals surface area contributed by atoms with Crippen molar-refractivity contribution in [3.63, 3.8) is 0 Å². The Morgan fingerprint density at radius 1 is 1.04 bits per heavy atom. The topological polar surface area (TPSA) is 78.4 Å². The maximum atomic E-state index is 11.8. The number of hydrazine groups is 1.